The molecule has 2 nitrogen and oxygen atoms in total. The fraction of sp³-hybridized carbons (Fsp3) is 0.0625. The standard InChI is InChI=1S/C64H46N2/c1-63(2)54-30-14-11-27-49(54)51-39-37-45(41-58(51)63)65(60-34-18-13-29-53(60)48-26-10-9-25-47(48)43-21-5-3-6-22-43)46-38-40-52-50-28-12-15-31-55(50)64(59(52)42-46)56-32-16-19-35-61(56)66(44-23-7-4-8-24-44)62-36-20-17-33-57(62)64/h3-42H,1-2H3. The molecule has 13 rings (SSSR count). The molecule has 0 unspecified atom stereocenters. The van der Waals surface area contributed by atoms with E-state index >= 15 is 0 Å². The van der Waals surface area contributed by atoms with Gasteiger partial charge in [-0.2, -0.15) is 0 Å². The zero-order valence-electron chi connectivity index (χ0n) is 37.0. The van der Waals surface area contributed by atoms with Crippen LogP contribution < -0.4 is 9.80 Å². The van der Waals surface area contributed by atoms with Crippen LogP contribution in [0.3, 0.4) is 0 Å². The summed E-state index contributed by atoms with van der Waals surface area (Å²) in [4.78, 5) is 4.99. The number of rotatable bonds is 6. The van der Waals surface area contributed by atoms with Gasteiger partial charge in [0.2, 0.25) is 0 Å². The lowest BCUT2D eigenvalue weighted by atomic mass is 9.64. The molecule has 1 heterocycles. The molecule has 0 bridgehead atoms. The molecule has 10 aromatic rings. The Morgan fingerprint density at radius 3 is 1.41 bits per heavy atom. The number of anilines is 6. The van der Waals surface area contributed by atoms with Crippen LogP contribution in [-0.4, -0.2) is 0 Å². The van der Waals surface area contributed by atoms with Gasteiger partial charge in [-0.05, 0) is 127 Å². The summed E-state index contributed by atoms with van der Waals surface area (Å²) in [6.45, 7) is 4.76. The molecule has 0 aromatic heterocycles. The average Bonchev–Trinajstić information content (AvgIpc) is 3.79. The number of para-hydroxylation sites is 4. The van der Waals surface area contributed by atoms with Crippen molar-refractivity contribution in [3.8, 4) is 44.5 Å². The number of hydrogen-bond acceptors (Lipinski definition) is 2. The number of benzene rings is 10. The summed E-state index contributed by atoms with van der Waals surface area (Å²) < 4.78 is 0. The van der Waals surface area contributed by atoms with Gasteiger partial charge in [-0.3, -0.25) is 0 Å². The maximum absolute atomic E-state index is 2.53. The predicted octanol–water partition coefficient (Wildman–Crippen LogP) is 16.9. The molecule has 0 N–H and O–H groups in total. The average molecular weight is 843 g/mol. The summed E-state index contributed by atoms with van der Waals surface area (Å²) in [6, 6.07) is 90.2. The minimum Gasteiger partial charge on any atom is -0.310 e. The van der Waals surface area contributed by atoms with Gasteiger partial charge in [-0.1, -0.05) is 202 Å². The van der Waals surface area contributed by atoms with Crippen molar-refractivity contribution >= 4 is 34.1 Å². The monoisotopic (exact) mass is 842 g/mol. The van der Waals surface area contributed by atoms with Crippen molar-refractivity contribution in [2.45, 2.75) is 24.7 Å². The highest BCUT2D eigenvalue weighted by Gasteiger charge is 2.52. The first kappa shape index (κ1) is 38.3. The van der Waals surface area contributed by atoms with Crippen molar-refractivity contribution in [2.24, 2.45) is 0 Å². The quantitative estimate of drug-likeness (QED) is 0.165. The van der Waals surface area contributed by atoms with Crippen LogP contribution in [0, 0.1) is 0 Å². The van der Waals surface area contributed by atoms with E-state index in [1.165, 1.54) is 89.3 Å². The van der Waals surface area contributed by atoms with Crippen LogP contribution >= 0.6 is 0 Å². The summed E-state index contributed by atoms with van der Waals surface area (Å²) in [6.07, 6.45) is 0. The van der Waals surface area contributed by atoms with Crippen LogP contribution in [0.5, 0.6) is 0 Å². The Morgan fingerprint density at radius 2 is 0.758 bits per heavy atom. The van der Waals surface area contributed by atoms with Gasteiger partial charge in [-0.25, -0.2) is 0 Å². The van der Waals surface area contributed by atoms with E-state index in [0.717, 1.165) is 22.7 Å². The third-order valence-electron chi connectivity index (χ3n) is 14.7. The first-order valence-corrected chi connectivity index (χ1v) is 23.1. The van der Waals surface area contributed by atoms with E-state index in [1.807, 2.05) is 0 Å². The third kappa shape index (κ3) is 5.42. The Morgan fingerprint density at radius 1 is 0.318 bits per heavy atom. The van der Waals surface area contributed by atoms with E-state index in [0.29, 0.717) is 0 Å². The molecule has 0 fully saturated rings. The summed E-state index contributed by atoms with van der Waals surface area (Å²) in [5, 5.41) is 0. The van der Waals surface area contributed by atoms with Crippen LogP contribution in [0.1, 0.15) is 47.2 Å². The molecule has 66 heavy (non-hydrogen) atoms. The Hall–Kier alpha value is -8.20. The Balaban J connectivity index is 1.09. The fourth-order valence-corrected chi connectivity index (χ4v) is 11.8. The molecule has 1 aliphatic heterocycles. The molecule has 3 aliphatic rings. The SMILES string of the molecule is CC1(C)c2ccccc2-c2ccc(N(c3ccc4c(c3)C3(c5ccccc5-4)c4ccccc4N(c4ccccc4)c4ccccc43)c3ccccc3-c3ccccc3-c3ccccc3)cc21. The zero-order valence-corrected chi connectivity index (χ0v) is 37.0. The predicted molar refractivity (Wildman–Crippen MR) is 275 cm³/mol. The van der Waals surface area contributed by atoms with Crippen molar-refractivity contribution < 1.29 is 0 Å². The van der Waals surface area contributed by atoms with Crippen molar-refractivity contribution in [1.29, 1.82) is 0 Å². The molecule has 0 saturated heterocycles. The highest BCUT2D eigenvalue weighted by Crippen LogP contribution is 2.64. The van der Waals surface area contributed by atoms with Crippen molar-refractivity contribution in [3.05, 3.63) is 276 Å². The molecule has 2 aliphatic carbocycles. The van der Waals surface area contributed by atoms with Gasteiger partial charge < -0.3 is 9.80 Å². The van der Waals surface area contributed by atoms with Crippen molar-refractivity contribution in [3.63, 3.8) is 0 Å². The second-order valence-electron chi connectivity index (χ2n) is 18.4. The van der Waals surface area contributed by atoms with Crippen LogP contribution in [0.15, 0.2) is 243 Å². The minimum absolute atomic E-state index is 0.170. The Kier molecular flexibility index (Phi) is 8.51. The van der Waals surface area contributed by atoms with Crippen LogP contribution in [0.4, 0.5) is 34.1 Å². The van der Waals surface area contributed by atoms with Gasteiger partial charge in [0.15, 0.2) is 0 Å². The Labute approximate surface area is 387 Å². The minimum atomic E-state index is -0.590. The van der Waals surface area contributed by atoms with Gasteiger partial charge in [-0.15, -0.1) is 0 Å². The third-order valence-corrected chi connectivity index (χ3v) is 14.7. The highest BCUT2D eigenvalue weighted by molar-refractivity contribution is 5.99. The normalized spacial score (nSPS) is 14.1. The molecule has 10 aromatic carbocycles. The van der Waals surface area contributed by atoms with E-state index in [-0.39, 0.29) is 5.41 Å². The largest absolute Gasteiger partial charge is 0.310 e. The number of nitrogens with zero attached hydrogens (tertiary/aromatic N) is 2. The highest BCUT2D eigenvalue weighted by atomic mass is 15.2. The first-order valence-electron chi connectivity index (χ1n) is 23.1. The van der Waals surface area contributed by atoms with Crippen LogP contribution in [-0.2, 0) is 10.8 Å². The van der Waals surface area contributed by atoms with Gasteiger partial charge in [0, 0.05) is 28.0 Å². The van der Waals surface area contributed by atoms with Crippen molar-refractivity contribution in [2.75, 3.05) is 9.80 Å². The van der Waals surface area contributed by atoms with E-state index < -0.39 is 5.41 Å². The van der Waals surface area contributed by atoms with Gasteiger partial charge in [0.1, 0.15) is 0 Å². The molecule has 0 atom stereocenters. The molecule has 1 spiro atoms. The van der Waals surface area contributed by atoms with E-state index in [9.17, 15) is 0 Å². The maximum Gasteiger partial charge on any atom is 0.0755 e. The molecule has 0 radical (unpaired) electrons. The lowest BCUT2D eigenvalue weighted by Gasteiger charge is -2.45. The smallest absolute Gasteiger partial charge is 0.0755 e. The van der Waals surface area contributed by atoms with E-state index in [1.54, 1.807) is 0 Å². The first-order chi connectivity index (χ1) is 32.5. The molecule has 0 saturated carbocycles. The van der Waals surface area contributed by atoms with E-state index in [2.05, 4.69) is 266 Å². The topological polar surface area (TPSA) is 6.48 Å². The zero-order chi connectivity index (χ0) is 44.0. The van der Waals surface area contributed by atoms with Crippen LogP contribution in [0.2, 0.25) is 0 Å². The lowest BCUT2D eigenvalue weighted by Crippen LogP contribution is -2.36. The van der Waals surface area contributed by atoms with Gasteiger partial charge in [0.05, 0.1) is 22.5 Å². The number of hydrogen-bond donors (Lipinski definition) is 0. The molecule has 312 valence electrons. The second-order valence-corrected chi connectivity index (χ2v) is 18.4. The lowest BCUT2D eigenvalue weighted by molar-refractivity contribution is 0.660. The van der Waals surface area contributed by atoms with E-state index in [4.69, 9.17) is 0 Å². The fourth-order valence-electron chi connectivity index (χ4n) is 11.8. The molecule has 0 amide bonds. The number of fused-ring (bicyclic) bond motifs is 12. The van der Waals surface area contributed by atoms with Gasteiger partial charge >= 0.3 is 0 Å². The Bertz CT molecular complexity index is 3480. The molecular weight excluding hydrogens is 797 g/mol. The summed E-state index contributed by atoms with van der Waals surface area (Å²) >= 11 is 0. The van der Waals surface area contributed by atoms with Gasteiger partial charge in [0.25, 0.3) is 0 Å². The van der Waals surface area contributed by atoms with Crippen LogP contribution in [0.25, 0.3) is 44.5 Å². The molecule has 2 heteroatoms. The summed E-state index contributed by atoms with van der Waals surface area (Å²) in [5.74, 6) is 0. The second kappa shape index (κ2) is 14.7. The molecular formula is C64H46N2. The summed E-state index contributed by atoms with van der Waals surface area (Å²) in [7, 11) is 0. The summed E-state index contributed by atoms with van der Waals surface area (Å²) in [5.41, 5.74) is 23.9. The maximum atomic E-state index is 2.53. The van der Waals surface area contributed by atoms with Crippen molar-refractivity contribution in [1.82, 2.24) is 0 Å².